The van der Waals surface area contributed by atoms with Crippen LogP contribution in [-0.4, -0.2) is 10.2 Å². The van der Waals surface area contributed by atoms with Crippen molar-refractivity contribution in [2.24, 2.45) is 0 Å². The van der Waals surface area contributed by atoms with Gasteiger partial charge in [0.05, 0.1) is 11.3 Å². The lowest BCUT2D eigenvalue weighted by Crippen LogP contribution is -2.05. The van der Waals surface area contributed by atoms with Gasteiger partial charge in [0.25, 0.3) is 11.7 Å². The summed E-state index contributed by atoms with van der Waals surface area (Å²) in [6.45, 7) is 0. The predicted octanol–water partition coefficient (Wildman–Crippen LogP) is 2.58. The van der Waals surface area contributed by atoms with Crippen LogP contribution >= 0.6 is 34.2 Å². The van der Waals surface area contributed by atoms with Gasteiger partial charge in [0.15, 0.2) is 0 Å². The van der Waals surface area contributed by atoms with Crippen molar-refractivity contribution in [1.82, 2.24) is 4.98 Å². The Hall–Kier alpha value is -0.500. The van der Waals surface area contributed by atoms with Gasteiger partial charge in [0.1, 0.15) is 9.39 Å². The molecule has 0 bridgehead atoms. The molecule has 1 rings (SSSR count). The van der Waals surface area contributed by atoms with Crippen molar-refractivity contribution in [1.29, 1.82) is 0 Å². The molecule has 0 atom stereocenters. The number of nitrogens with zero attached hydrogens (tertiary/aromatic N) is 1. The maximum atomic E-state index is 12.3. The summed E-state index contributed by atoms with van der Waals surface area (Å²) in [6, 6.07) is 1.10. The van der Waals surface area contributed by atoms with Crippen molar-refractivity contribution < 1.29 is 13.6 Å². The monoisotopic (exact) mass is 332 g/mol. The van der Waals surface area contributed by atoms with Gasteiger partial charge in [-0.2, -0.15) is 0 Å². The number of halogens is 4. The minimum Gasteiger partial charge on any atom is -0.397 e. The Labute approximate surface area is 96.8 Å². The van der Waals surface area contributed by atoms with E-state index in [1.807, 2.05) is 0 Å². The topological polar surface area (TPSA) is 56.0 Å². The van der Waals surface area contributed by atoms with Gasteiger partial charge in [-0.25, -0.2) is 13.8 Å². The Morgan fingerprint density at radius 2 is 2.21 bits per heavy atom. The van der Waals surface area contributed by atoms with Crippen molar-refractivity contribution in [2.45, 2.75) is 6.43 Å². The largest absolute Gasteiger partial charge is 0.397 e. The highest BCUT2D eigenvalue weighted by Crippen LogP contribution is 2.26. The molecule has 0 saturated heterocycles. The predicted molar refractivity (Wildman–Crippen MR) is 56.5 cm³/mol. The quantitative estimate of drug-likeness (QED) is 0.514. The molecule has 0 aromatic carbocycles. The molecule has 1 aromatic heterocycles. The molecule has 0 aliphatic heterocycles. The Bertz CT molecular complexity index is 386. The molecule has 1 aromatic rings. The van der Waals surface area contributed by atoms with E-state index in [4.69, 9.17) is 17.3 Å². The second-order valence-electron chi connectivity index (χ2n) is 2.38. The van der Waals surface area contributed by atoms with E-state index in [1.54, 1.807) is 22.6 Å². The summed E-state index contributed by atoms with van der Waals surface area (Å²) in [4.78, 5) is 14.3. The minimum atomic E-state index is -2.76. The maximum Gasteiger partial charge on any atom is 0.282 e. The molecule has 0 amide bonds. The number of hydrogen-bond acceptors (Lipinski definition) is 3. The molecule has 0 unspecified atom stereocenters. The SMILES string of the molecule is Nc1cc(C(=O)Cl)c(I)nc1C(F)F. The molecular weight excluding hydrogens is 328 g/mol. The standard InChI is InChI=1S/C7H4ClF2IN2O/c8-5(14)2-1-3(12)4(6(9)10)13-7(2)11/h1,6H,12H2. The normalized spacial score (nSPS) is 10.6. The third-order valence-corrected chi connectivity index (χ3v) is 2.48. The second kappa shape index (κ2) is 4.35. The Morgan fingerprint density at radius 1 is 1.64 bits per heavy atom. The Balaban J connectivity index is 3.31. The molecule has 1 heterocycles. The van der Waals surface area contributed by atoms with E-state index in [1.165, 1.54) is 0 Å². The van der Waals surface area contributed by atoms with Crippen LogP contribution in [-0.2, 0) is 0 Å². The van der Waals surface area contributed by atoms with Crippen LogP contribution in [0.4, 0.5) is 14.5 Å². The molecule has 0 spiro atoms. The number of aromatic nitrogens is 1. The summed E-state index contributed by atoms with van der Waals surface area (Å²) in [5, 5.41) is -0.769. The molecule has 2 N–H and O–H groups in total. The number of carbonyl (C=O) groups is 1. The molecule has 0 saturated carbocycles. The minimum absolute atomic E-state index is 0.0363. The third kappa shape index (κ3) is 2.30. The zero-order valence-corrected chi connectivity index (χ0v) is 9.51. The molecule has 0 radical (unpaired) electrons. The average molecular weight is 332 g/mol. The van der Waals surface area contributed by atoms with E-state index in [0.29, 0.717) is 0 Å². The first-order chi connectivity index (χ1) is 6.43. The highest BCUT2D eigenvalue weighted by molar-refractivity contribution is 14.1. The fourth-order valence-electron chi connectivity index (χ4n) is 0.832. The average Bonchev–Trinajstić information content (AvgIpc) is 2.07. The third-order valence-electron chi connectivity index (χ3n) is 1.45. The van der Waals surface area contributed by atoms with Crippen molar-refractivity contribution in [3.8, 4) is 0 Å². The molecule has 0 fully saturated rings. The van der Waals surface area contributed by atoms with Gasteiger partial charge < -0.3 is 5.73 Å². The van der Waals surface area contributed by atoms with Crippen molar-refractivity contribution >= 4 is 45.1 Å². The van der Waals surface area contributed by atoms with Gasteiger partial charge >= 0.3 is 0 Å². The van der Waals surface area contributed by atoms with Crippen molar-refractivity contribution in [3.05, 3.63) is 21.0 Å². The lowest BCUT2D eigenvalue weighted by atomic mass is 10.2. The second-order valence-corrected chi connectivity index (χ2v) is 3.74. The summed E-state index contributed by atoms with van der Waals surface area (Å²) < 4.78 is 24.7. The van der Waals surface area contributed by atoms with Crippen LogP contribution in [0, 0.1) is 3.70 Å². The number of anilines is 1. The maximum absolute atomic E-state index is 12.3. The zero-order valence-electron chi connectivity index (χ0n) is 6.60. The van der Waals surface area contributed by atoms with Gasteiger partial charge in [-0.1, -0.05) is 0 Å². The first kappa shape index (κ1) is 11.6. The Kier molecular flexibility index (Phi) is 3.59. The fourth-order valence-corrected chi connectivity index (χ4v) is 1.80. The van der Waals surface area contributed by atoms with Gasteiger partial charge in [-0.05, 0) is 40.3 Å². The smallest absolute Gasteiger partial charge is 0.282 e. The summed E-state index contributed by atoms with van der Waals surface area (Å²) >= 11 is 6.83. The molecular formula is C7H4ClF2IN2O. The van der Waals surface area contributed by atoms with Crippen LogP contribution in [0.5, 0.6) is 0 Å². The van der Waals surface area contributed by atoms with Gasteiger partial charge in [-0.15, -0.1) is 0 Å². The zero-order chi connectivity index (χ0) is 10.9. The first-order valence-electron chi connectivity index (χ1n) is 3.37. The fraction of sp³-hybridized carbons (Fsp3) is 0.143. The van der Waals surface area contributed by atoms with Crippen LogP contribution in [0.1, 0.15) is 22.5 Å². The number of hydrogen-bond donors (Lipinski definition) is 1. The summed E-state index contributed by atoms with van der Waals surface area (Å²) in [5.41, 5.74) is 4.55. The highest BCUT2D eigenvalue weighted by atomic mass is 127. The number of rotatable bonds is 2. The van der Waals surface area contributed by atoms with Crippen LogP contribution < -0.4 is 5.73 Å². The van der Waals surface area contributed by atoms with E-state index in [-0.39, 0.29) is 15.0 Å². The van der Waals surface area contributed by atoms with Crippen LogP contribution in [0.2, 0.25) is 0 Å². The van der Waals surface area contributed by atoms with E-state index in [9.17, 15) is 13.6 Å². The van der Waals surface area contributed by atoms with Gasteiger partial charge in [0, 0.05) is 0 Å². The first-order valence-corrected chi connectivity index (χ1v) is 4.83. The number of alkyl halides is 2. The van der Waals surface area contributed by atoms with Crippen molar-refractivity contribution in [3.63, 3.8) is 0 Å². The summed E-state index contributed by atoms with van der Waals surface area (Å²) in [6.07, 6.45) is -2.76. The summed E-state index contributed by atoms with van der Waals surface area (Å²) in [7, 11) is 0. The van der Waals surface area contributed by atoms with E-state index < -0.39 is 17.4 Å². The number of nitrogens with two attached hydrogens (primary N) is 1. The molecule has 3 nitrogen and oxygen atoms in total. The number of nitrogen functional groups attached to an aromatic ring is 1. The van der Waals surface area contributed by atoms with Crippen LogP contribution in [0.3, 0.4) is 0 Å². The van der Waals surface area contributed by atoms with E-state index in [2.05, 4.69) is 4.98 Å². The Morgan fingerprint density at radius 3 is 2.64 bits per heavy atom. The van der Waals surface area contributed by atoms with Crippen LogP contribution in [0.15, 0.2) is 6.07 Å². The van der Waals surface area contributed by atoms with E-state index >= 15 is 0 Å². The lowest BCUT2D eigenvalue weighted by molar-refractivity contribution is 0.107. The number of carbonyl (C=O) groups excluding carboxylic acids is 1. The molecule has 14 heavy (non-hydrogen) atoms. The molecule has 0 aliphatic carbocycles. The van der Waals surface area contributed by atoms with E-state index in [0.717, 1.165) is 6.07 Å². The molecule has 0 aliphatic rings. The summed E-state index contributed by atoms with van der Waals surface area (Å²) in [5.74, 6) is 0. The lowest BCUT2D eigenvalue weighted by Gasteiger charge is -2.06. The van der Waals surface area contributed by atoms with Gasteiger partial charge in [-0.3, -0.25) is 4.79 Å². The van der Waals surface area contributed by atoms with Crippen LogP contribution in [0.25, 0.3) is 0 Å². The molecule has 7 heteroatoms. The molecule has 76 valence electrons. The van der Waals surface area contributed by atoms with Gasteiger partial charge in [0.2, 0.25) is 0 Å². The van der Waals surface area contributed by atoms with Crippen molar-refractivity contribution in [2.75, 3.05) is 5.73 Å². The highest BCUT2D eigenvalue weighted by Gasteiger charge is 2.18. The number of pyridine rings is 1.